The second-order valence-corrected chi connectivity index (χ2v) is 6.10. The molecule has 0 aliphatic carbocycles. The zero-order valence-electron chi connectivity index (χ0n) is 12.6. The standard InChI is InChI=1S/C17H22BrN3/c1-19-17(15-7-3-4-8-16(15)18)9-11-21(2)13-14-6-5-10-20-12-14/h3-8,10,12,17,19H,9,11,13H2,1-2H3. The van der Waals surface area contributed by atoms with Crippen molar-refractivity contribution in [2.45, 2.75) is 19.0 Å². The second kappa shape index (κ2) is 8.27. The number of nitrogens with one attached hydrogen (secondary N) is 1. The van der Waals surface area contributed by atoms with Gasteiger partial charge < -0.3 is 10.2 Å². The minimum absolute atomic E-state index is 0.358. The van der Waals surface area contributed by atoms with Crippen molar-refractivity contribution in [3.8, 4) is 0 Å². The molecule has 0 saturated carbocycles. The summed E-state index contributed by atoms with van der Waals surface area (Å²) in [6.07, 6.45) is 4.81. The topological polar surface area (TPSA) is 28.2 Å². The molecule has 0 radical (unpaired) electrons. The van der Waals surface area contributed by atoms with E-state index in [0.29, 0.717) is 6.04 Å². The van der Waals surface area contributed by atoms with Crippen molar-refractivity contribution in [2.75, 3.05) is 20.6 Å². The van der Waals surface area contributed by atoms with Crippen molar-refractivity contribution < 1.29 is 0 Å². The molecule has 0 saturated heterocycles. The number of nitrogens with zero attached hydrogens (tertiary/aromatic N) is 2. The van der Waals surface area contributed by atoms with Crippen LogP contribution in [0.4, 0.5) is 0 Å². The molecular formula is C17H22BrN3. The van der Waals surface area contributed by atoms with Gasteiger partial charge in [0.25, 0.3) is 0 Å². The third-order valence-electron chi connectivity index (χ3n) is 3.60. The van der Waals surface area contributed by atoms with Crippen molar-refractivity contribution in [2.24, 2.45) is 0 Å². The Labute approximate surface area is 135 Å². The summed E-state index contributed by atoms with van der Waals surface area (Å²) in [4.78, 5) is 6.49. The maximum absolute atomic E-state index is 4.16. The van der Waals surface area contributed by atoms with Gasteiger partial charge >= 0.3 is 0 Å². The summed E-state index contributed by atoms with van der Waals surface area (Å²) in [6.45, 7) is 1.96. The minimum Gasteiger partial charge on any atom is -0.313 e. The molecule has 1 atom stereocenters. The molecule has 21 heavy (non-hydrogen) atoms. The van der Waals surface area contributed by atoms with Gasteiger partial charge in [0.05, 0.1) is 0 Å². The van der Waals surface area contributed by atoms with Crippen LogP contribution in [0, 0.1) is 0 Å². The number of pyridine rings is 1. The van der Waals surface area contributed by atoms with Crippen LogP contribution in [0.2, 0.25) is 0 Å². The molecular weight excluding hydrogens is 326 g/mol. The van der Waals surface area contributed by atoms with Gasteiger partial charge in [-0.15, -0.1) is 0 Å². The summed E-state index contributed by atoms with van der Waals surface area (Å²) in [7, 11) is 4.17. The van der Waals surface area contributed by atoms with Crippen LogP contribution in [0.1, 0.15) is 23.6 Å². The summed E-state index contributed by atoms with van der Waals surface area (Å²) < 4.78 is 1.17. The van der Waals surface area contributed by atoms with Crippen molar-refractivity contribution in [1.82, 2.24) is 15.2 Å². The highest BCUT2D eigenvalue weighted by atomic mass is 79.9. The van der Waals surface area contributed by atoms with Gasteiger partial charge in [-0.05, 0) is 50.3 Å². The summed E-state index contributed by atoms with van der Waals surface area (Å²) >= 11 is 3.64. The number of aromatic nitrogens is 1. The molecule has 112 valence electrons. The molecule has 1 heterocycles. The number of halogens is 1. The van der Waals surface area contributed by atoms with Gasteiger partial charge in [-0.2, -0.15) is 0 Å². The summed E-state index contributed by atoms with van der Waals surface area (Å²) in [5, 5.41) is 3.41. The van der Waals surface area contributed by atoms with Crippen molar-refractivity contribution in [3.05, 3.63) is 64.4 Å². The fraction of sp³-hybridized carbons (Fsp3) is 0.353. The quantitative estimate of drug-likeness (QED) is 0.828. The highest BCUT2D eigenvalue weighted by Crippen LogP contribution is 2.25. The minimum atomic E-state index is 0.358. The van der Waals surface area contributed by atoms with E-state index >= 15 is 0 Å². The van der Waals surface area contributed by atoms with Gasteiger partial charge in [0, 0.05) is 29.5 Å². The van der Waals surface area contributed by atoms with Crippen LogP contribution in [-0.4, -0.2) is 30.5 Å². The SMILES string of the molecule is CNC(CCN(C)Cc1cccnc1)c1ccccc1Br. The van der Waals surface area contributed by atoms with E-state index in [4.69, 9.17) is 0 Å². The van der Waals surface area contributed by atoms with E-state index < -0.39 is 0 Å². The zero-order valence-corrected chi connectivity index (χ0v) is 14.2. The van der Waals surface area contributed by atoms with Gasteiger partial charge in [-0.3, -0.25) is 4.98 Å². The van der Waals surface area contributed by atoms with Crippen LogP contribution < -0.4 is 5.32 Å². The molecule has 4 heteroatoms. The fourth-order valence-corrected chi connectivity index (χ4v) is 3.01. The lowest BCUT2D eigenvalue weighted by atomic mass is 10.0. The molecule has 1 N–H and O–H groups in total. The van der Waals surface area contributed by atoms with E-state index in [-0.39, 0.29) is 0 Å². The Hall–Kier alpha value is -1.23. The fourth-order valence-electron chi connectivity index (χ4n) is 2.44. The van der Waals surface area contributed by atoms with Crippen LogP contribution in [0.3, 0.4) is 0 Å². The molecule has 2 rings (SSSR count). The first-order valence-electron chi connectivity index (χ1n) is 7.20. The summed E-state index contributed by atoms with van der Waals surface area (Å²) in [6, 6.07) is 12.9. The van der Waals surface area contributed by atoms with Gasteiger partial charge in [0.1, 0.15) is 0 Å². The molecule has 0 aliphatic heterocycles. The number of hydrogen-bond donors (Lipinski definition) is 1. The predicted octanol–water partition coefficient (Wildman–Crippen LogP) is 3.63. The Balaban J connectivity index is 1.90. The first kappa shape index (κ1) is 16.1. The maximum Gasteiger partial charge on any atom is 0.0340 e. The lowest BCUT2D eigenvalue weighted by Gasteiger charge is -2.22. The average molecular weight is 348 g/mol. The van der Waals surface area contributed by atoms with E-state index in [2.05, 4.69) is 68.5 Å². The third-order valence-corrected chi connectivity index (χ3v) is 4.33. The molecule has 0 amide bonds. The van der Waals surface area contributed by atoms with Gasteiger partial charge in [0.15, 0.2) is 0 Å². The van der Waals surface area contributed by atoms with Gasteiger partial charge in [-0.25, -0.2) is 0 Å². The smallest absolute Gasteiger partial charge is 0.0340 e. The number of rotatable bonds is 7. The Morgan fingerprint density at radius 1 is 1.24 bits per heavy atom. The van der Waals surface area contributed by atoms with Crippen LogP contribution >= 0.6 is 15.9 Å². The Morgan fingerprint density at radius 3 is 2.71 bits per heavy atom. The molecule has 1 unspecified atom stereocenters. The van der Waals surface area contributed by atoms with Crippen LogP contribution in [0.5, 0.6) is 0 Å². The molecule has 0 fully saturated rings. The van der Waals surface area contributed by atoms with Crippen molar-refractivity contribution in [3.63, 3.8) is 0 Å². The highest BCUT2D eigenvalue weighted by Gasteiger charge is 2.13. The molecule has 0 aliphatic rings. The predicted molar refractivity (Wildman–Crippen MR) is 91.1 cm³/mol. The number of hydrogen-bond acceptors (Lipinski definition) is 3. The van der Waals surface area contributed by atoms with E-state index in [9.17, 15) is 0 Å². The molecule has 0 bridgehead atoms. The highest BCUT2D eigenvalue weighted by molar-refractivity contribution is 9.10. The van der Waals surface area contributed by atoms with E-state index in [1.54, 1.807) is 0 Å². The summed E-state index contributed by atoms with van der Waals surface area (Å²) in [5.41, 5.74) is 2.57. The molecule has 0 spiro atoms. The zero-order chi connectivity index (χ0) is 15.1. The van der Waals surface area contributed by atoms with Crippen molar-refractivity contribution >= 4 is 15.9 Å². The lowest BCUT2D eigenvalue weighted by Crippen LogP contribution is -2.25. The maximum atomic E-state index is 4.16. The lowest BCUT2D eigenvalue weighted by molar-refractivity contribution is 0.303. The Morgan fingerprint density at radius 2 is 2.05 bits per heavy atom. The Bertz CT molecular complexity index is 545. The van der Waals surface area contributed by atoms with Crippen molar-refractivity contribution in [1.29, 1.82) is 0 Å². The van der Waals surface area contributed by atoms with Crippen LogP contribution in [-0.2, 0) is 6.54 Å². The molecule has 1 aromatic heterocycles. The van der Waals surface area contributed by atoms with Crippen LogP contribution in [0.25, 0.3) is 0 Å². The number of benzene rings is 1. The van der Waals surface area contributed by atoms with E-state index in [1.165, 1.54) is 15.6 Å². The third kappa shape index (κ3) is 4.92. The van der Waals surface area contributed by atoms with E-state index in [1.807, 2.05) is 25.5 Å². The normalized spacial score (nSPS) is 12.6. The van der Waals surface area contributed by atoms with E-state index in [0.717, 1.165) is 19.5 Å². The van der Waals surface area contributed by atoms with Crippen LogP contribution in [0.15, 0.2) is 53.3 Å². The first-order chi connectivity index (χ1) is 10.2. The summed E-state index contributed by atoms with van der Waals surface area (Å²) in [5.74, 6) is 0. The molecule has 3 nitrogen and oxygen atoms in total. The largest absolute Gasteiger partial charge is 0.313 e. The molecule has 2 aromatic rings. The Kier molecular flexibility index (Phi) is 6.36. The monoisotopic (exact) mass is 347 g/mol. The molecule has 1 aromatic carbocycles. The first-order valence-corrected chi connectivity index (χ1v) is 7.99. The second-order valence-electron chi connectivity index (χ2n) is 5.25. The average Bonchev–Trinajstić information content (AvgIpc) is 2.50. The van der Waals surface area contributed by atoms with Gasteiger partial charge in [0.2, 0.25) is 0 Å². The van der Waals surface area contributed by atoms with Gasteiger partial charge in [-0.1, -0.05) is 40.2 Å².